The Morgan fingerprint density at radius 1 is 1.35 bits per heavy atom. The van der Waals surface area contributed by atoms with Crippen molar-refractivity contribution in [2.24, 2.45) is 0 Å². The van der Waals surface area contributed by atoms with Crippen molar-refractivity contribution in [1.29, 1.82) is 5.26 Å². The van der Waals surface area contributed by atoms with E-state index in [0.717, 1.165) is 43.3 Å². The molecule has 1 aliphatic rings. The van der Waals surface area contributed by atoms with Gasteiger partial charge < -0.3 is 9.64 Å². The molecule has 118 valence electrons. The van der Waals surface area contributed by atoms with Gasteiger partial charge in [0.2, 0.25) is 0 Å². The standard InChI is InChI=1S/C17H19N5O/c1-23-12-16-19-7-6-15(21-16)14-3-2-8-22(11-14)17-5-4-13(9-18)10-20-17/h4-7,10,14H,2-3,8,11-12H2,1H3/t14-/m0/s1. The van der Waals surface area contributed by atoms with Crippen LogP contribution in [-0.2, 0) is 11.3 Å². The minimum absolute atomic E-state index is 0.361. The molecule has 3 rings (SSSR count). The lowest BCUT2D eigenvalue weighted by atomic mass is 9.94. The maximum Gasteiger partial charge on any atom is 0.154 e. The Balaban J connectivity index is 1.75. The summed E-state index contributed by atoms with van der Waals surface area (Å²) in [6.45, 7) is 2.29. The van der Waals surface area contributed by atoms with Crippen molar-refractivity contribution in [2.45, 2.75) is 25.4 Å². The van der Waals surface area contributed by atoms with Gasteiger partial charge in [0.15, 0.2) is 5.82 Å². The van der Waals surface area contributed by atoms with E-state index in [1.807, 2.05) is 18.2 Å². The van der Waals surface area contributed by atoms with Crippen molar-refractivity contribution in [3.63, 3.8) is 0 Å². The fourth-order valence-electron chi connectivity index (χ4n) is 2.91. The van der Waals surface area contributed by atoms with Crippen LogP contribution in [-0.4, -0.2) is 35.2 Å². The molecule has 0 unspecified atom stereocenters. The third-order valence-electron chi connectivity index (χ3n) is 4.04. The van der Waals surface area contributed by atoms with Gasteiger partial charge in [-0.2, -0.15) is 5.26 Å². The van der Waals surface area contributed by atoms with Crippen LogP contribution >= 0.6 is 0 Å². The van der Waals surface area contributed by atoms with Gasteiger partial charge in [-0.05, 0) is 31.0 Å². The average Bonchev–Trinajstić information content (AvgIpc) is 2.62. The fraction of sp³-hybridized carbons (Fsp3) is 0.412. The zero-order valence-corrected chi connectivity index (χ0v) is 13.1. The summed E-state index contributed by atoms with van der Waals surface area (Å²) in [6.07, 6.45) is 5.63. The van der Waals surface area contributed by atoms with E-state index in [2.05, 4.69) is 25.9 Å². The van der Waals surface area contributed by atoms with Gasteiger partial charge in [0, 0.05) is 44.2 Å². The molecule has 6 nitrogen and oxygen atoms in total. The topological polar surface area (TPSA) is 74.9 Å². The fourth-order valence-corrected chi connectivity index (χ4v) is 2.91. The third kappa shape index (κ3) is 3.63. The molecule has 0 aliphatic carbocycles. The minimum Gasteiger partial charge on any atom is -0.377 e. The molecule has 0 saturated carbocycles. The summed E-state index contributed by atoms with van der Waals surface area (Å²) in [4.78, 5) is 15.5. The van der Waals surface area contributed by atoms with Crippen LogP contribution in [0.4, 0.5) is 5.82 Å². The van der Waals surface area contributed by atoms with E-state index in [1.54, 1.807) is 19.5 Å². The van der Waals surface area contributed by atoms with Crippen molar-refractivity contribution in [2.75, 3.05) is 25.1 Å². The van der Waals surface area contributed by atoms with Crippen LogP contribution in [0.1, 0.15) is 35.8 Å². The van der Waals surface area contributed by atoms with Crippen LogP contribution in [0, 0.1) is 11.3 Å². The summed E-state index contributed by atoms with van der Waals surface area (Å²) < 4.78 is 5.11. The predicted octanol–water partition coefficient (Wildman–Crippen LogP) is 2.27. The molecule has 1 atom stereocenters. The normalized spacial score (nSPS) is 17.7. The molecule has 3 heterocycles. The van der Waals surface area contributed by atoms with E-state index in [4.69, 9.17) is 10.00 Å². The van der Waals surface area contributed by atoms with Gasteiger partial charge in [0.05, 0.1) is 5.56 Å². The Morgan fingerprint density at radius 2 is 2.26 bits per heavy atom. The molecule has 1 fully saturated rings. The number of hydrogen-bond donors (Lipinski definition) is 0. The van der Waals surface area contributed by atoms with Gasteiger partial charge in [-0.3, -0.25) is 0 Å². The molecule has 0 N–H and O–H groups in total. The highest BCUT2D eigenvalue weighted by Gasteiger charge is 2.23. The highest BCUT2D eigenvalue weighted by Crippen LogP contribution is 2.28. The lowest BCUT2D eigenvalue weighted by Crippen LogP contribution is -2.35. The highest BCUT2D eigenvalue weighted by molar-refractivity contribution is 5.43. The lowest BCUT2D eigenvalue weighted by molar-refractivity contribution is 0.177. The number of nitriles is 1. The van der Waals surface area contributed by atoms with Crippen LogP contribution in [0.2, 0.25) is 0 Å². The molecule has 6 heteroatoms. The molecule has 1 saturated heterocycles. The largest absolute Gasteiger partial charge is 0.377 e. The van der Waals surface area contributed by atoms with Gasteiger partial charge in [-0.25, -0.2) is 15.0 Å². The molecule has 23 heavy (non-hydrogen) atoms. The first-order valence-corrected chi connectivity index (χ1v) is 7.72. The number of ether oxygens (including phenoxy) is 1. The minimum atomic E-state index is 0.361. The second kappa shape index (κ2) is 7.16. The molecule has 0 amide bonds. The Kier molecular flexibility index (Phi) is 4.79. The predicted molar refractivity (Wildman–Crippen MR) is 85.9 cm³/mol. The maximum absolute atomic E-state index is 8.87. The summed E-state index contributed by atoms with van der Waals surface area (Å²) in [5.74, 6) is 2.00. The number of hydrogen-bond acceptors (Lipinski definition) is 6. The summed E-state index contributed by atoms with van der Waals surface area (Å²) in [5.41, 5.74) is 1.65. The monoisotopic (exact) mass is 309 g/mol. The molecular formula is C17H19N5O. The molecule has 0 spiro atoms. The summed E-state index contributed by atoms with van der Waals surface area (Å²) in [5, 5.41) is 8.87. The number of aromatic nitrogens is 3. The number of methoxy groups -OCH3 is 1. The van der Waals surface area contributed by atoms with Crippen molar-refractivity contribution < 1.29 is 4.74 Å². The molecule has 0 aromatic carbocycles. The lowest BCUT2D eigenvalue weighted by Gasteiger charge is -2.33. The van der Waals surface area contributed by atoms with E-state index in [9.17, 15) is 0 Å². The average molecular weight is 309 g/mol. The second-order valence-electron chi connectivity index (χ2n) is 5.63. The van der Waals surface area contributed by atoms with Crippen LogP contribution < -0.4 is 4.90 Å². The Bertz CT molecular complexity index is 695. The SMILES string of the molecule is COCc1nccc([C@H]2CCCN(c3ccc(C#N)cn3)C2)n1. The van der Waals surface area contributed by atoms with Crippen molar-refractivity contribution >= 4 is 5.82 Å². The van der Waals surface area contributed by atoms with E-state index < -0.39 is 0 Å². The Hall–Kier alpha value is -2.52. The molecule has 0 bridgehead atoms. The van der Waals surface area contributed by atoms with Crippen molar-refractivity contribution in [3.05, 3.63) is 47.7 Å². The molecule has 1 aliphatic heterocycles. The smallest absolute Gasteiger partial charge is 0.154 e. The van der Waals surface area contributed by atoms with Crippen LogP contribution in [0.3, 0.4) is 0 Å². The molecule has 2 aromatic rings. The zero-order valence-electron chi connectivity index (χ0n) is 13.1. The number of pyridine rings is 1. The van der Waals surface area contributed by atoms with Gasteiger partial charge in [0.1, 0.15) is 18.5 Å². The Morgan fingerprint density at radius 3 is 3.00 bits per heavy atom. The van der Waals surface area contributed by atoms with E-state index >= 15 is 0 Å². The summed E-state index contributed by atoms with van der Waals surface area (Å²) in [6, 6.07) is 7.81. The number of nitrogens with zero attached hydrogens (tertiary/aromatic N) is 5. The summed E-state index contributed by atoms with van der Waals surface area (Å²) in [7, 11) is 1.65. The summed E-state index contributed by atoms with van der Waals surface area (Å²) >= 11 is 0. The van der Waals surface area contributed by atoms with Gasteiger partial charge in [-0.15, -0.1) is 0 Å². The van der Waals surface area contributed by atoms with E-state index in [-0.39, 0.29) is 0 Å². The zero-order chi connectivity index (χ0) is 16.1. The van der Waals surface area contributed by atoms with Crippen LogP contribution in [0.15, 0.2) is 30.6 Å². The first-order valence-electron chi connectivity index (χ1n) is 7.72. The number of anilines is 1. The molecule has 2 aromatic heterocycles. The highest BCUT2D eigenvalue weighted by atomic mass is 16.5. The third-order valence-corrected chi connectivity index (χ3v) is 4.04. The maximum atomic E-state index is 8.87. The number of rotatable bonds is 4. The van der Waals surface area contributed by atoms with Crippen LogP contribution in [0.5, 0.6) is 0 Å². The second-order valence-corrected chi connectivity index (χ2v) is 5.63. The van der Waals surface area contributed by atoms with Gasteiger partial charge >= 0.3 is 0 Å². The molecule has 0 radical (unpaired) electrons. The quantitative estimate of drug-likeness (QED) is 0.862. The van der Waals surface area contributed by atoms with E-state index in [1.165, 1.54) is 0 Å². The van der Waals surface area contributed by atoms with E-state index in [0.29, 0.717) is 18.1 Å². The Labute approximate surface area is 135 Å². The van der Waals surface area contributed by atoms with Crippen molar-refractivity contribution in [3.8, 4) is 6.07 Å². The van der Waals surface area contributed by atoms with Crippen LogP contribution in [0.25, 0.3) is 0 Å². The number of piperidine rings is 1. The van der Waals surface area contributed by atoms with Crippen molar-refractivity contribution in [1.82, 2.24) is 15.0 Å². The molecular weight excluding hydrogens is 290 g/mol. The van der Waals surface area contributed by atoms with Gasteiger partial charge in [0.25, 0.3) is 0 Å². The first kappa shape index (κ1) is 15.4. The van der Waals surface area contributed by atoms with Gasteiger partial charge in [-0.1, -0.05) is 0 Å². The first-order chi connectivity index (χ1) is 11.3.